The van der Waals surface area contributed by atoms with E-state index in [1.807, 2.05) is 37.3 Å². The molecule has 0 bridgehead atoms. The fourth-order valence-electron chi connectivity index (χ4n) is 3.95. The van der Waals surface area contributed by atoms with Crippen LogP contribution in [0.5, 0.6) is 0 Å². The third-order valence-corrected chi connectivity index (χ3v) is 7.29. The van der Waals surface area contributed by atoms with E-state index in [2.05, 4.69) is 5.32 Å². The van der Waals surface area contributed by atoms with E-state index in [0.717, 1.165) is 47.2 Å². The molecule has 210 valence electrons. The average Bonchev–Trinajstić information content (AvgIpc) is 2.86. The van der Waals surface area contributed by atoms with Crippen LogP contribution >= 0.6 is 0 Å². The van der Waals surface area contributed by atoms with Crippen molar-refractivity contribution in [3.05, 3.63) is 65.7 Å². The number of carbonyl (C=O) groups excluding carboxylic acids is 2. The Kier molecular flexibility index (Phi) is 11.6. The Hall–Kier alpha value is -3.08. The molecule has 11 heteroatoms. The van der Waals surface area contributed by atoms with Gasteiger partial charge < -0.3 is 10.2 Å². The summed E-state index contributed by atoms with van der Waals surface area (Å²) in [5.41, 5.74) is -0.0919. The maximum atomic E-state index is 13.2. The minimum Gasteiger partial charge on any atom is -0.354 e. The highest BCUT2D eigenvalue weighted by molar-refractivity contribution is 7.92. The van der Waals surface area contributed by atoms with Crippen molar-refractivity contribution in [2.24, 2.45) is 0 Å². The van der Waals surface area contributed by atoms with Gasteiger partial charge >= 0.3 is 6.18 Å². The lowest BCUT2D eigenvalue weighted by Gasteiger charge is -2.29. The molecule has 2 rings (SSSR count). The molecule has 0 aromatic heterocycles. The number of alkyl halides is 3. The number of halogens is 3. The second-order valence-electron chi connectivity index (χ2n) is 9.13. The summed E-state index contributed by atoms with van der Waals surface area (Å²) >= 11 is 0. The van der Waals surface area contributed by atoms with Crippen LogP contribution < -0.4 is 9.62 Å². The summed E-state index contributed by atoms with van der Waals surface area (Å²) in [6, 6.07) is 12.8. The minimum atomic E-state index is -4.62. The van der Waals surface area contributed by atoms with Crippen LogP contribution in [0.25, 0.3) is 0 Å². The van der Waals surface area contributed by atoms with Gasteiger partial charge in [0.05, 0.1) is 17.5 Å². The topological polar surface area (TPSA) is 86.8 Å². The summed E-state index contributed by atoms with van der Waals surface area (Å²) in [7, 11) is -3.91. The van der Waals surface area contributed by atoms with E-state index in [1.54, 1.807) is 6.92 Å². The summed E-state index contributed by atoms with van der Waals surface area (Å²) in [5.74, 6) is -0.613. The number of hydrogen-bond acceptors (Lipinski definition) is 4. The zero-order chi connectivity index (χ0) is 28.3. The highest BCUT2D eigenvalue weighted by atomic mass is 32.2. The van der Waals surface area contributed by atoms with Crippen LogP contribution in [0.15, 0.2) is 54.6 Å². The van der Waals surface area contributed by atoms with Crippen LogP contribution in [0, 0.1) is 0 Å². The molecule has 2 aromatic rings. The fourth-order valence-corrected chi connectivity index (χ4v) is 4.90. The molecule has 1 atom stereocenters. The van der Waals surface area contributed by atoms with E-state index in [0.29, 0.717) is 13.0 Å². The Bertz CT molecular complexity index is 1160. The number of nitrogens with one attached hydrogen (secondary N) is 1. The van der Waals surface area contributed by atoms with Crippen LogP contribution in [0.1, 0.15) is 50.7 Å². The first kappa shape index (κ1) is 31.1. The monoisotopic (exact) mass is 555 g/mol. The quantitative estimate of drug-likeness (QED) is 0.345. The normalized spacial score (nSPS) is 12.6. The van der Waals surface area contributed by atoms with E-state index >= 15 is 0 Å². The molecule has 0 saturated heterocycles. The highest BCUT2D eigenvalue weighted by Crippen LogP contribution is 2.32. The van der Waals surface area contributed by atoms with Gasteiger partial charge in [-0.15, -0.1) is 0 Å². The predicted molar refractivity (Wildman–Crippen MR) is 142 cm³/mol. The lowest BCUT2D eigenvalue weighted by molar-refractivity contribution is -0.140. The molecule has 0 aliphatic carbocycles. The number of sulfonamides is 1. The number of unbranched alkanes of at least 4 members (excludes halogenated alkanes) is 1. The molecule has 0 radical (unpaired) electrons. The number of amides is 2. The molecule has 0 fully saturated rings. The standard InChI is InChI=1S/C27H36F3N3O4S/c1-4-5-17-31-26(35)21(2)32(19-16-22-11-7-6-8-12-22)25(34)15-10-18-33(38(3,36)37)24-14-9-13-23(20-24)27(28,29)30/h6-9,11-14,20-21H,4-5,10,15-19H2,1-3H3,(H,31,35). The van der Waals surface area contributed by atoms with Crippen molar-refractivity contribution in [2.45, 2.75) is 58.2 Å². The van der Waals surface area contributed by atoms with Crippen LogP contribution in [0.4, 0.5) is 18.9 Å². The first-order valence-corrected chi connectivity index (χ1v) is 14.5. The molecule has 1 unspecified atom stereocenters. The lowest BCUT2D eigenvalue weighted by atomic mass is 10.1. The van der Waals surface area contributed by atoms with E-state index in [1.165, 1.54) is 11.0 Å². The molecule has 0 heterocycles. The molecular weight excluding hydrogens is 519 g/mol. The smallest absolute Gasteiger partial charge is 0.354 e. The molecule has 0 saturated carbocycles. The van der Waals surface area contributed by atoms with Crippen molar-refractivity contribution in [3.8, 4) is 0 Å². The average molecular weight is 556 g/mol. The van der Waals surface area contributed by atoms with Crippen LogP contribution in [-0.4, -0.2) is 57.1 Å². The highest BCUT2D eigenvalue weighted by Gasteiger charge is 2.32. The van der Waals surface area contributed by atoms with Crippen LogP contribution in [0.3, 0.4) is 0 Å². The second kappa shape index (κ2) is 14.2. The second-order valence-corrected chi connectivity index (χ2v) is 11.0. The van der Waals surface area contributed by atoms with Crippen molar-refractivity contribution >= 4 is 27.5 Å². The van der Waals surface area contributed by atoms with Gasteiger partial charge in [0, 0.05) is 26.1 Å². The number of benzene rings is 2. The van der Waals surface area contributed by atoms with Gasteiger partial charge in [0.15, 0.2) is 0 Å². The van der Waals surface area contributed by atoms with Gasteiger partial charge in [-0.1, -0.05) is 49.7 Å². The number of carbonyl (C=O) groups is 2. The number of rotatable bonds is 14. The maximum Gasteiger partial charge on any atom is 0.416 e. The van der Waals surface area contributed by atoms with Gasteiger partial charge in [-0.3, -0.25) is 13.9 Å². The zero-order valence-electron chi connectivity index (χ0n) is 22.0. The molecule has 1 N–H and O–H groups in total. The Morgan fingerprint density at radius 1 is 1.00 bits per heavy atom. The zero-order valence-corrected chi connectivity index (χ0v) is 22.8. The van der Waals surface area contributed by atoms with Crippen molar-refractivity contribution in [1.82, 2.24) is 10.2 Å². The summed E-state index contributed by atoms with van der Waals surface area (Å²) in [4.78, 5) is 27.4. The summed E-state index contributed by atoms with van der Waals surface area (Å²) in [5, 5.41) is 2.84. The molecular formula is C27H36F3N3O4S. The third-order valence-electron chi connectivity index (χ3n) is 6.09. The lowest BCUT2D eigenvalue weighted by Crippen LogP contribution is -2.49. The predicted octanol–water partition coefficient (Wildman–Crippen LogP) is 4.63. The largest absolute Gasteiger partial charge is 0.416 e. The minimum absolute atomic E-state index is 0.0637. The van der Waals surface area contributed by atoms with Crippen molar-refractivity contribution < 1.29 is 31.2 Å². The van der Waals surface area contributed by atoms with Gasteiger partial charge in [-0.25, -0.2) is 8.42 Å². The van der Waals surface area contributed by atoms with E-state index in [9.17, 15) is 31.2 Å². The number of hydrogen-bond donors (Lipinski definition) is 1. The van der Waals surface area contributed by atoms with Gasteiger partial charge in [-0.05, 0) is 49.9 Å². The first-order chi connectivity index (χ1) is 17.8. The first-order valence-electron chi connectivity index (χ1n) is 12.6. The summed E-state index contributed by atoms with van der Waals surface area (Å²) in [6.45, 7) is 4.25. The summed E-state index contributed by atoms with van der Waals surface area (Å²) < 4.78 is 65.1. The molecule has 0 aliphatic heterocycles. The third kappa shape index (κ3) is 9.66. The Balaban J connectivity index is 2.14. The SMILES string of the molecule is CCCCNC(=O)C(C)N(CCc1ccccc1)C(=O)CCCN(c1cccc(C(F)(F)F)c1)S(C)(=O)=O. The van der Waals surface area contributed by atoms with Gasteiger partial charge in [-0.2, -0.15) is 13.2 Å². The van der Waals surface area contributed by atoms with Crippen LogP contribution in [0.2, 0.25) is 0 Å². The molecule has 0 spiro atoms. The number of nitrogens with zero attached hydrogens (tertiary/aromatic N) is 2. The van der Waals surface area contributed by atoms with Gasteiger partial charge in [0.25, 0.3) is 0 Å². The summed E-state index contributed by atoms with van der Waals surface area (Å²) in [6.07, 6.45) is -1.48. The van der Waals surface area contributed by atoms with E-state index < -0.39 is 27.8 Å². The van der Waals surface area contributed by atoms with Crippen molar-refractivity contribution in [2.75, 3.05) is 30.2 Å². The van der Waals surface area contributed by atoms with Crippen molar-refractivity contribution in [1.29, 1.82) is 0 Å². The molecule has 2 aromatic carbocycles. The van der Waals surface area contributed by atoms with Gasteiger partial charge in [0.1, 0.15) is 6.04 Å². The fraction of sp³-hybridized carbons (Fsp3) is 0.481. The van der Waals surface area contributed by atoms with Crippen molar-refractivity contribution in [3.63, 3.8) is 0 Å². The van der Waals surface area contributed by atoms with E-state index in [-0.39, 0.29) is 43.4 Å². The Morgan fingerprint density at radius 3 is 2.29 bits per heavy atom. The molecule has 38 heavy (non-hydrogen) atoms. The van der Waals surface area contributed by atoms with E-state index in [4.69, 9.17) is 0 Å². The molecule has 0 aliphatic rings. The maximum absolute atomic E-state index is 13.2. The Labute approximate surface area is 223 Å². The van der Waals surface area contributed by atoms with Crippen LogP contribution in [-0.2, 0) is 32.2 Å². The van der Waals surface area contributed by atoms with Gasteiger partial charge in [0.2, 0.25) is 21.8 Å². The Morgan fingerprint density at radius 2 is 1.68 bits per heavy atom. The number of anilines is 1. The molecule has 7 nitrogen and oxygen atoms in total. The molecule has 2 amide bonds.